The summed E-state index contributed by atoms with van der Waals surface area (Å²) in [5, 5.41) is 8.76. The SMILES string of the molecule is N#Cc1cc(Cl)c(C=O)cc1C=O. The summed E-state index contributed by atoms with van der Waals surface area (Å²) in [6.07, 6.45) is 1.05. The molecule has 0 fully saturated rings. The Morgan fingerprint density at radius 1 is 1.23 bits per heavy atom. The van der Waals surface area contributed by atoms with Crippen molar-refractivity contribution in [2.24, 2.45) is 0 Å². The quantitative estimate of drug-likeness (QED) is 0.674. The van der Waals surface area contributed by atoms with Crippen molar-refractivity contribution in [3.05, 3.63) is 33.8 Å². The fraction of sp³-hybridized carbons (Fsp3) is 0. The highest BCUT2D eigenvalue weighted by molar-refractivity contribution is 6.33. The van der Waals surface area contributed by atoms with E-state index in [1.54, 1.807) is 0 Å². The topological polar surface area (TPSA) is 57.9 Å². The van der Waals surface area contributed by atoms with Crippen LogP contribution < -0.4 is 0 Å². The second-order valence-electron chi connectivity index (χ2n) is 2.31. The number of carbonyl (C=O) groups excluding carboxylic acids is 2. The van der Waals surface area contributed by atoms with Crippen molar-refractivity contribution in [3.63, 3.8) is 0 Å². The number of rotatable bonds is 2. The predicted molar refractivity (Wildman–Crippen MR) is 46.9 cm³/mol. The van der Waals surface area contributed by atoms with E-state index in [0.717, 1.165) is 0 Å². The van der Waals surface area contributed by atoms with Gasteiger partial charge in [0.15, 0.2) is 12.6 Å². The Hall–Kier alpha value is -1.66. The Balaban J connectivity index is 3.45. The normalized spacial score (nSPS) is 8.92. The maximum Gasteiger partial charge on any atom is 0.151 e. The van der Waals surface area contributed by atoms with Crippen LogP contribution in [0.15, 0.2) is 12.1 Å². The third-order valence-electron chi connectivity index (χ3n) is 1.54. The zero-order valence-corrected chi connectivity index (χ0v) is 7.21. The zero-order valence-electron chi connectivity index (χ0n) is 6.45. The largest absolute Gasteiger partial charge is 0.298 e. The van der Waals surface area contributed by atoms with Gasteiger partial charge in [0.05, 0.1) is 16.7 Å². The smallest absolute Gasteiger partial charge is 0.151 e. The third kappa shape index (κ3) is 1.74. The molecule has 3 nitrogen and oxygen atoms in total. The summed E-state index contributed by atoms with van der Waals surface area (Å²) in [4.78, 5) is 20.9. The summed E-state index contributed by atoms with van der Waals surface area (Å²) in [5.74, 6) is 0. The van der Waals surface area contributed by atoms with Gasteiger partial charge in [0.2, 0.25) is 0 Å². The van der Waals surface area contributed by atoms with Gasteiger partial charge in [0.25, 0.3) is 0 Å². The average molecular weight is 194 g/mol. The van der Waals surface area contributed by atoms with Gasteiger partial charge in [-0.1, -0.05) is 11.6 Å². The third-order valence-corrected chi connectivity index (χ3v) is 1.87. The lowest BCUT2D eigenvalue weighted by Crippen LogP contribution is -1.91. The molecule has 0 aliphatic rings. The molecule has 0 bridgehead atoms. The minimum Gasteiger partial charge on any atom is -0.298 e. The van der Waals surface area contributed by atoms with E-state index in [1.807, 2.05) is 6.07 Å². The van der Waals surface area contributed by atoms with E-state index in [2.05, 4.69) is 0 Å². The molecule has 0 spiro atoms. The fourth-order valence-corrected chi connectivity index (χ4v) is 1.10. The molecule has 0 amide bonds. The van der Waals surface area contributed by atoms with Crippen molar-refractivity contribution in [3.8, 4) is 6.07 Å². The van der Waals surface area contributed by atoms with Crippen LogP contribution in [0.1, 0.15) is 26.3 Å². The number of aldehydes is 2. The number of nitrogens with zero attached hydrogens (tertiary/aromatic N) is 1. The van der Waals surface area contributed by atoms with Crippen LogP contribution >= 0.6 is 11.6 Å². The molecule has 1 aromatic rings. The molecule has 0 radical (unpaired) electrons. The zero-order chi connectivity index (χ0) is 9.84. The van der Waals surface area contributed by atoms with Crippen molar-refractivity contribution in [2.45, 2.75) is 0 Å². The minimum absolute atomic E-state index is 0.172. The summed E-state index contributed by atoms with van der Waals surface area (Å²) in [7, 11) is 0. The Labute approximate surface area is 79.5 Å². The fourth-order valence-electron chi connectivity index (χ4n) is 0.892. The summed E-state index contributed by atoms with van der Waals surface area (Å²) in [6.45, 7) is 0. The van der Waals surface area contributed by atoms with Gasteiger partial charge in [-0.15, -0.1) is 0 Å². The van der Waals surface area contributed by atoms with Crippen LogP contribution in [0.3, 0.4) is 0 Å². The molecular formula is C9H4ClNO2. The van der Waals surface area contributed by atoms with E-state index in [4.69, 9.17) is 16.9 Å². The van der Waals surface area contributed by atoms with Crippen molar-refractivity contribution in [1.82, 2.24) is 0 Å². The summed E-state index contributed by atoms with van der Waals surface area (Å²) >= 11 is 5.64. The Bertz CT molecular complexity index is 407. The first-order valence-corrected chi connectivity index (χ1v) is 3.74. The van der Waals surface area contributed by atoms with Crippen molar-refractivity contribution in [1.29, 1.82) is 5.26 Å². The molecule has 0 saturated carbocycles. The van der Waals surface area contributed by atoms with Crippen molar-refractivity contribution >= 4 is 24.2 Å². The molecule has 0 saturated heterocycles. The summed E-state index contributed by atoms with van der Waals surface area (Å²) in [6, 6.07) is 4.40. The van der Waals surface area contributed by atoms with Gasteiger partial charge in [-0.25, -0.2) is 0 Å². The van der Waals surface area contributed by atoms with Crippen LogP contribution in [0.25, 0.3) is 0 Å². The highest BCUT2D eigenvalue weighted by Crippen LogP contribution is 2.18. The highest BCUT2D eigenvalue weighted by Gasteiger charge is 2.06. The average Bonchev–Trinajstić information content (AvgIpc) is 2.17. The van der Waals surface area contributed by atoms with E-state index in [9.17, 15) is 9.59 Å². The van der Waals surface area contributed by atoms with Gasteiger partial charge in [0, 0.05) is 11.1 Å². The molecule has 0 atom stereocenters. The lowest BCUT2D eigenvalue weighted by molar-refractivity contribution is 0.112. The maximum atomic E-state index is 10.5. The minimum atomic E-state index is 0.172. The number of carbonyl (C=O) groups is 2. The Kier molecular flexibility index (Phi) is 2.78. The van der Waals surface area contributed by atoms with Gasteiger partial charge in [-0.05, 0) is 12.1 Å². The second kappa shape index (κ2) is 3.83. The second-order valence-corrected chi connectivity index (χ2v) is 2.72. The predicted octanol–water partition coefficient (Wildman–Crippen LogP) is 1.84. The molecule has 0 unspecified atom stereocenters. The van der Waals surface area contributed by atoms with Crippen LogP contribution in [-0.2, 0) is 0 Å². The summed E-state index contributed by atoms with van der Waals surface area (Å²) < 4.78 is 0. The van der Waals surface area contributed by atoms with E-state index >= 15 is 0 Å². The van der Waals surface area contributed by atoms with E-state index in [1.165, 1.54) is 12.1 Å². The van der Waals surface area contributed by atoms with Crippen molar-refractivity contribution < 1.29 is 9.59 Å². The molecule has 1 rings (SSSR count). The maximum absolute atomic E-state index is 10.5. The number of hydrogen-bond donors (Lipinski definition) is 0. The molecule has 0 N–H and O–H groups in total. The lowest BCUT2D eigenvalue weighted by Gasteiger charge is -1.99. The lowest BCUT2D eigenvalue weighted by atomic mass is 10.1. The first-order chi connectivity index (χ1) is 6.22. The van der Waals surface area contributed by atoms with Crippen LogP contribution in [0.2, 0.25) is 5.02 Å². The van der Waals surface area contributed by atoms with E-state index in [0.29, 0.717) is 12.6 Å². The molecule has 64 valence electrons. The van der Waals surface area contributed by atoms with Crippen LogP contribution in [0.4, 0.5) is 0 Å². The number of nitriles is 1. The number of halogens is 1. The van der Waals surface area contributed by atoms with Crippen LogP contribution in [-0.4, -0.2) is 12.6 Å². The molecule has 1 aromatic carbocycles. The number of hydrogen-bond acceptors (Lipinski definition) is 3. The molecular weight excluding hydrogens is 190 g/mol. The highest BCUT2D eigenvalue weighted by atomic mass is 35.5. The Morgan fingerprint density at radius 2 is 1.85 bits per heavy atom. The first kappa shape index (κ1) is 9.43. The van der Waals surface area contributed by atoms with E-state index < -0.39 is 0 Å². The van der Waals surface area contributed by atoms with Gasteiger partial charge in [0.1, 0.15) is 0 Å². The van der Waals surface area contributed by atoms with Crippen LogP contribution in [0.5, 0.6) is 0 Å². The van der Waals surface area contributed by atoms with Gasteiger partial charge in [-0.3, -0.25) is 9.59 Å². The van der Waals surface area contributed by atoms with Crippen LogP contribution in [0, 0.1) is 11.3 Å². The molecule has 0 aliphatic heterocycles. The van der Waals surface area contributed by atoms with Gasteiger partial charge >= 0.3 is 0 Å². The molecule has 4 heteroatoms. The summed E-state index contributed by atoms with van der Waals surface area (Å²) in [5.41, 5.74) is 0.558. The van der Waals surface area contributed by atoms with Gasteiger partial charge in [-0.2, -0.15) is 5.26 Å². The van der Waals surface area contributed by atoms with Crippen molar-refractivity contribution in [2.75, 3.05) is 0 Å². The van der Waals surface area contributed by atoms with E-state index in [-0.39, 0.29) is 21.7 Å². The molecule has 0 heterocycles. The number of benzene rings is 1. The molecule has 0 aliphatic carbocycles. The molecule has 0 aromatic heterocycles. The first-order valence-electron chi connectivity index (χ1n) is 3.37. The molecule has 13 heavy (non-hydrogen) atoms. The van der Waals surface area contributed by atoms with Gasteiger partial charge < -0.3 is 0 Å². The standard InChI is InChI=1S/C9H4ClNO2/c10-9-2-6(3-11)7(4-12)1-8(9)5-13/h1-2,4-5H. The monoisotopic (exact) mass is 193 g/mol. The Morgan fingerprint density at radius 3 is 2.31 bits per heavy atom.